The van der Waals surface area contributed by atoms with E-state index in [1.54, 1.807) is 30.3 Å². The monoisotopic (exact) mass is 320 g/mol. The maximum atomic E-state index is 13.1. The van der Waals surface area contributed by atoms with Crippen molar-refractivity contribution in [3.05, 3.63) is 47.8 Å². The van der Waals surface area contributed by atoms with Crippen molar-refractivity contribution in [2.75, 3.05) is 0 Å². The third-order valence-corrected chi connectivity index (χ3v) is 2.93. The second-order valence-electron chi connectivity index (χ2n) is 4.56. The molecule has 3 nitrogen and oxygen atoms in total. The van der Waals surface area contributed by atoms with Crippen LogP contribution in [-0.4, -0.2) is 15.9 Å². The highest BCUT2D eigenvalue weighted by Crippen LogP contribution is 2.33. The Morgan fingerprint density at radius 1 is 1.09 bits per heavy atom. The summed E-state index contributed by atoms with van der Waals surface area (Å²) in [5.41, 5.74) is -1.28. The topological polar surface area (TPSA) is 27.1 Å². The number of hydrogen-bond acceptors (Lipinski definition) is 2. The highest BCUT2D eigenvalue weighted by atomic mass is 19.4. The van der Waals surface area contributed by atoms with Gasteiger partial charge in [-0.1, -0.05) is 25.1 Å². The molecule has 1 aromatic heterocycles. The van der Waals surface area contributed by atoms with Gasteiger partial charge in [-0.2, -0.15) is 27.1 Å². The van der Waals surface area contributed by atoms with E-state index in [9.17, 15) is 22.0 Å². The molecule has 0 aliphatic heterocycles. The summed E-state index contributed by atoms with van der Waals surface area (Å²) >= 11 is 0. The lowest BCUT2D eigenvalue weighted by Crippen LogP contribution is -2.20. The number of alkyl halides is 5. The van der Waals surface area contributed by atoms with Gasteiger partial charge in [0.2, 0.25) is 0 Å². The lowest BCUT2D eigenvalue weighted by atomic mass is 10.2. The third kappa shape index (κ3) is 3.82. The fourth-order valence-corrected chi connectivity index (χ4v) is 1.75. The van der Waals surface area contributed by atoms with E-state index in [0.29, 0.717) is 5.69 Å². The molecule has 0 N–H and O–H groups in total. The Bertz CT molecular complexity index is 622. The smallest absolute Gasteiger partial charge is 0.316 e. The van der Waals surface area contributed by atoms with Crippen LogP contribution in [0.1, 0.15) is 24.6 Å². The molecule has 0 saturated carbocycles. The summed E-state index contributed by atoms with van der Waals surface area (Å²) in [6, 6.07) is 8.07. The zero-order valence-corrected chi connectivity index (χ0v) is 11.6. The lowest BCUT2D eigenvalue weighted by Gasteiger charge is -2.14. The first-order valence-electron chi connectivity index (χ1n) is 6.46. The molecule has 0 saturated heterocycles. The van der Waals surface area contributed by atoms with Crippen molar-refractivity contribution in [1.29, 1.82) is 0 Å². The van der Waals surface area contributed by atoms with Crippen LogP contribution in [0, 0.1) is 0 Å². The van der Waals surface area contributed by atoms with Gasteiger partial charge in [-0.3, -0.25) is 0 Å². The zero-order valence-electron chi connectivity index (χ0n) is 11.6. The molecule has 0 radical (unpaired) electrons. The van der Waals surface area contributed by atoms with E-state index in [-0.39, 0.29) is 0 Å². The van der Waals surface area contributed by atoms with Gasteiger partial charge in [-0.05, 0) is 12.1 Å². The molecule has 2 rings (SSSR count). The van der Waals surface area contributed by atoms with E-state index >= 15 is 0 Å². The summed E-state index contributed by atoms with van der Waals surface area (Å²) in [7, 11) is 0. The number of hydrogen-bond donors (Lipinski definition) is 0. The predicted molar refractivity (Wildman–Crippen MR) is 68.6 cm³/mol. The molecule has 8 heteroatoms. The van der Waals surface area contributed by atoms with Crippen LogP contribution in [0.15, 0.2) is 36.5 Å². The minimum absolute atomic E-state index is 0.390. The van der Waals surface area contributed by atoms with Gasteiger partial charge in [0.05, 0.1) is 12.3 Å². The summed E-state index contributed by atoms with van der Waals surface area (Å²) in [5, 5.41) is 3.44. The van der Waals surface area contributed by atoms with Crippen LogP contribution in [0.5, 0.6) is 0 Å². The van der Waals surface area contributed by atoms with Gasteiger partial charge in [0.1, 0.15) is 0 Å². The van der Waals surface area contributed by atoms with Gasteiger partial charge in [-0.15, -0.1) is 0 Å². The highest BCUT2D eigenvalue weighted by Gasteiger charge is 2.38. The Balaban J connectivity index is 2.34. The third-order valence-electron chi connectivity index (χ3n) is 2.93. The quantitative estimate of drug-likeness (QED) is 0.763. The van der Waals surface area contributed by atoms with Crippen LogP contribution >= 0.6 is 0 Å². The number of aromatic nitrogens is 2. The maximum absolute atomic E-state index is 13.1. The first-order chi connectivity index (χ1) is 10.2. The van der Waals surface area contributed by atoms with E-state index in [0.717, 1.165) is 10.9 Å². The Labute approximate surface area is 123 Å². The molecule has 1 aromatic carbocycles. The second kappa shape index (κ2) is 6.04. The minimum Gasteiger partial charge on any atom is -0.316 e. The standard InChI is InChI=1S/C14H13F5N2O/c1-2-13(15,16)22-9-10-8-21(11-6-4-3-5-7-11)20-12(10)14(17,18)19/h3-8H,2,9H2,1H3. The van der Waals surface area contributed by atoms with Crippen molar-refractivity contribution in [1.82, 2.24) is 9.78 Å². The first-order valence-corrected chi connectivity index (χ1v) is 6.46. The first kappa shape index (κ1) is 16.4. The van der Waals surface area contributed by atoms with Crippen molar-refractivity contribution in [2.45, 2.75) is 32.2 Å². The molecule has 0 bridgehead atoms. The number of nitrogens with zero attached hydrogens (tertiary/aromatic N) is 2. The lowest BCUT2D eigenvalue weighted by molar-refractivity contribution is -0.247. The summed E-state index contributed by atoms with van der Waals surface area (Å²) in [6.07, 6.45) is -7.80. The van der Waals surface area contributed by atoms with Gasteiger partial charge in [0.15, 0.2) is 5.69 Å². The van der Waals surface area contributed by atoms with E-state index < -0.39 is 36.6 Å². The van der Waals surface area contributed by atoms with Crippen molar-refractivity contribution in [3.8, 4) is 5.69 Å². The van der Waals surface area contributed by atoms with Crippen molar-refractivity contribution in [2.24, 2.45) is 0 Å². The molecule has 0 amide bonds. The largest absolute Gasteiger partial charge is 0.435 e. The SMILES string of the molecule is CCC(F)(F)OCc1cn(-c2ccccc2)nc1C(F)(F)F. The molecule has 0 unspecified atom stereocenters. The maximum Gasteiger partial charge on any atom is 0.435 e. The zero-order chi connectivity index (χ0) is 16.4. The Hall–Kier alpha value is -1.96. The number of benzene rings is 1. The summed E-state index contributed by atoms with van der Waals surface area (Å²) in [5.74, 6) is 0. The van der Waals surface area contributed by atoms with Crippen LogP contribution in [0.25, 0.3) is 5.69 Å². The molecule has 0 aliphatic carbocycles. The molecule has 0 spiro atoms. The van der Waals surface area contributed by atoms with Crippen LogP contribution in [-0.2, 0) is 17.5 Å². The summed E-state index contributed by atoms with van der Waals surface area (Å²) < 4.78 is 70.3. The van der Waals surface area contributed by atoms with Crippen LogP contribution in [0.2, 0.25) is 0 Å². The second-order valence-corrected chi connectivity index (χ2v) is 4.56. The summed E-state index contributed by atoms with van der Waals surface area (Å²) in [6.45, 7) is 0.306. The number of ether oxygens (including phenoxy) is 1. The Kier molecular flexibility index (Phi) is 4.50. The molecule has 120 valence electrons. The normalized spacial score (nSPS) is 12.6. The molecule has 0 atom stereocenters. The number of halogens is 5. The van der Waals surface area contributed by atoms with E-state index in [1.165, 1.54) is 6.92 Å². The molecule has 0 aliphatic rings. The number of para-hydroxylation sites is 1. The van der Waals surface area contributed by atoms with E-state index in [4.69, 9.17) is 0 Å². The molecular weight excluding hydrogens is 307 g/mol. The highest BCUT2D eigenvalue weighted by molar-refractivity contribution is 5.33. The molecular formula is C14H13F5N2O. The van der Waals surface area contributed by atoms with Crippen LogP contribution in [0.4, 0.5) is 22.0 Å². The summed E-state index contributed by atoms with van der Waals surface area (Å²) in [4.78, 5) is 0. The molecule has 1 heterocycles. The molecule has 22 heavy (non-hydrogen) atoms. The van der Waals surface area contributed by atoms with Crippen molar-refractivity contribution >= 4 is 0 Å². The minimum atomic E-state index is -4.75. The average Bonchev–Trinajstić information content (AvgIpc) is 2.91. The van der Waals surface area contributed by atoms with Crippen LogP contribution in [0.3, 0.4) is 0 Å². The van der Waals surface area contributed by atoms with E-state index in [1.807, 2.05) is 0 Å². The Morgan fingerprint density at radius 3 is 2.27 bits per heavy atom. The Morgan fingerprint density at radius 2 is 1.73 bits per heavy atom. The van der Waals surface area contributed by atoms with Gasteiger partial charge >= 0.3 is 12.3 Å². The van der Waals surface area contributed by atoms with E-state index in [2.05, 4.69) is 9.84 Å². The fraction of sp³-hybridized carbons (Fsp3) is 0.357. The van der Waals surface area contributed by atoms with Gasteiger partial charge < -0.3 is 4.74 Å². The number of rotatable bonds is 5. The average molecular weight is 320 g/mol. The van der Waals surface area contributed by atoms with Gasteiger partial charge in [-0.25, -0.2) is 4.68 Å². The molecule has 0 fully saturated rings. The molecule has 2 aromatic rings. The predicted octanol–water partition coefficient (Wildman–Crippen LogP) is 4.41. The fourth-order valence-electron chi connectivity index (χ4n) is 1.75. The van der Waals surface area contributed by atoms with Crippen molar-refractivity contribution in [3.63, 3.8) is 0 Å². The van der Waals surface area contributed by atoms with Gasteiger partial charge in [0, 0.05) is 18.2 Å². The van der Waals surface area contributed by atoms with Crippen molar-refractivity contribution < 1.29 is 26.7 Å². The van der Waals surface area contributed by atoms with Gasteiger partial charge in [0.25, 0.3) is 0 Å². The van der Waals surface area contributed by atoms with Crippen LogP contribution < -0.4 is 0 Å².